The summed E-state index contributed by atoms with van der Waals surface area (Å²) in [4.78, 5) is 0. The van der Waals surface area contributed by atoms with Crippen LogP contribution in [0.25, 0.3) is 0 Å². The molecule has 0 aliphatic carbocycles. The van der Waals surface area contributed by atoms with E-state index >= 15 is 0 Å². The Morgan fingerprint density at radius 3 is 0.933 bits per heavy atom. The van der Waals surface area contributed by atoms with Crippen LogP contribution in [0.1, 0.15) is 65.3 Å². The molecule has 0 atom stereocenters. The lowest BCUT2D eigenvalue weighted by atomic mass is 10.2. The number of hydrogen-bond acceptors (Lipinski definition) is 2. The maximum Gasteiger partial charge on any atom is 0.312 e. The van der Waals surface area contributed by atoms with Gasteiger partial charge in [-0.05, 0) is 49.1 Å². The van der Waals surface area contributed by atoms with Gasteiger partial charge in [-0.15, -0.1) is 0 Å². The highest BCUT2D eigenvalue weighted by Gasteiger charge is 2.52. The Kier molecular flexibility index (Phi) is 24.2. The second kappa shape index (κ2) is 15.0. The van der Waals surface area contributed by atoms with Gasteiger partial charge in [0, 0.05) is 16.1 Å². The van der Waals surface area contributed by atoms with Crippen LogP contribution in [-0.4, -0.2) is 41.3 Å². The lowest BCUT2D eigenvalue weighted by molar-refractivity contribution is 0.367. The van der Waals surface area contributed by atoms with Crippen molar-refractivity contribution < 1.29 is 8.23 Å². The van der Waals surface area contributed by atoms with Crippen molar-refractivity contribution in [1.82, 2.24) is 0 Å². The average Bonchev–Trinajstić information content (AvgIpc) is 2.02. The summed E-state index contributed by atoms with van der Waals surface area (Å²) in [6.45, 7) is 33.9. The van der Waals surface area contributed by atoms with E-state index in [2.05, 4.69) is 92.8 Å². The molecular formula is C23H70O2Si5. The highest BCUT2D eigenvalue weighted by Crippen LogP contribution is 2.43. The minimum atomic E-state index is -2.20. The van der Waals surface area contributed by atoms with Crippen LogP contribution in [0.15, 0.2) is 0 Å². The van der Waals surface area contributed by atoms with Crippen molar-refractivity contribution >= 4 is 41.3 Å². The molecule has 2 nitrogen and oxygen atoms in total. The third-order valence-corrected chi connectivity index (χ3v) is 28.2. The molecule has 0 bridgehead atoms. The molecule has 0 saturated carbocycles. The number of rotatable bonds is 8. The maximum absolute atomic E-state index is 7.28. The SMILES string of the molecule is C.C.C.C.C.C.CC(C)(C)[Si](C)(C)O[Si](C[Si](C)(C)C)(C[Si](C)(C)C)O[Si](C)(C)C. The maximum atomic E-state index is 7.28. The Morgan fingerprint density at radius 1 is 0.500 bits per heavy atom. The molecule has 0 aliphatic heterocycles. The molecule has 0 aromatic rings. The Labute approximate surface area is 202 Å². The Bertz CT molecular complexity index is 370. The third-order valence-electron chi connectivity index (χ3n) is 4.34. The fraction of sp³-hybridized carbons (Fsp3) is 1.00. The van der Waals surface area contributed by atoms with Crippen LogP contribution >= 0.6 is 0 Å². The molecule has 194 valence electrons. The largest absolute Gasteiger partial charge is 0.437 e. The monoisotopic (exact) mass is 518 g/mol. The van der Waals surface area contributed by atoms with Gasteiger partial charge in [0.15, 0.2) is 16.6 Å². The predicted octanol–water partition coefficient (Wildman–Crippen LogP) is 10.9. The molecule has 0 aromatic heterocycles. The quantitative estimate of drug-likeness (QED) is 0.297. The summed E-state index contributed by atoms with van der Waals surface area (Å²) in [5.41, 5.74) is 2.50. The highest BCUT2D eigenvalue weighted by atomic mass is 28.5. The van der Waals surface area contributed by atoms with Gasteiger partial charge in [0.05, 0.1) is 0 Å². The summed E-state index contributed by atoms with van der Waals surface area (Å²) < 4.78 is 14.3. The van der Waals surface area contributed by atoms with Crippen LogP contribution in [0, 0.1) is 0 Å². The molecule has 0 rings (SSSR count). The summed E-state index contributed by atoms with van der Waals surface area (Å²) in [5.74, 6) is 0. The smallest absolute Gasteiger partial charge is 0.312 e. The topological polar surface area (TPSA) is 18.5 Å². The summed E-state index contributed by atoms with van der Waals surface area (Å²) in [7, 11) is -8.23. The van der Waals surface area contributed by atoms with Gasteiger partial charge >= 0.3 is 8.56 Å². The van der Waals surface area contributed by atoms with Gasteiger partial charge in [-0.1, -0.05) is 105 Å². The van der Waals surface area contributed by atoms with Crippen molar-refractivity contribution in [1.29, 1.82) is 0 Å². The molecule has 0 N–H and O–H groups in total. The van der Waals surface area contributed by atoms with Gasteiger partial charge < -0.3 is 8.23 Å². The summed E-state index contributed by atoms with van der Waals surface area (Å²) in [6.07, 6.45) is 0. The van der Waals surface area contributed by atoms with E-state index in [4.69, 9.17) is 8.23 Å². The lowest BCUT2D eigenvalue weighted by Gasteiger charge is -2.49. The highest BCUT2D eigenvalue weighted by molar-refractivity contribution is 7.03. The first kappa shape index (κ1) is 48.4. The Hall–Kier alpha value is 1.00. The molecule has 0 saturated heterocycles. The minimum Gasteiger partial charge on any atom is -0.437 e. The van der Waals surface area contributed by atoms with E-state index in [1.165, 1.54) is 11.3 Å². The van der Waals surface area contributed by atoms with Crippen molar-refractivity contribution in [3.63, 3.8) is 0 Å². The molecule has 0 aliphatic rings. The molecule has 0 fully saturated rings. The van der Waals surface area contributed by atoms with Crippen LogP contribution in [0.5, 0.6) is 0 Å². The van der Waals surface area contributed by atoms with E-state index in [0.29, 0.717) is 0 Å². The van der Waals surface area contributed by atoms with E-state index in [9.17, 15) is 0 Å². The molecule has 30 heavy (non-hydrogen) atoms. The number of hydrogen-bond donors (Lipinski definition) is 0. The fourth-order valence-electron chi connectivity index (χ4n) is 3.02. The van der Waals surface area contributed by atoms with E-state index in [1.807, 2.05) is 0 Å². The molecule has 0 unspecified atom stereocenters. The van der Waals surface area contributed by atoms with E-state index < -0.39 is 41.3 Å². The summed E-state index contributed by atoms with van der Waals surface area (Å²) in [6, 6.07) is 0. The Balaban J connectivity index is -0.000000176. The fourth-order valence-corrected chi connectivity index (χ4v) is 31.3. The first-order valence-corrected chi connectivity index (χ1v) is 25.4. The van der Waals surface area contributed by atoms with Gasteiger partial charge in [-0.25, -0.2) is 0 Å². The van der Waals surface area contributed by atoms with E-state index in [-0.39, 0.29) is 49.6 Å². The summed E-state index contributed by atoms with van der Waals surface area (Å²) in [5, 5.41) is 0.243. The standard InChI is InChI=1S/C17H46O2Si5.6CH4/c1-17(2,3)23(13,14)19-24(15-20(4,5)6,16-21(7,8)9)18-22(10,11)12;;;;;;/h15-16H2,1-14H3;6*1H4. The molecule has 7 heteroatoms. The molecular weight excluding hydrogens is 449 g/mol. The van der Waals surface area contributed by atoms with Crippen molar-refractivity contribution in [2.75, 3.05) is 0 Å². The van der Waals surface area contributed by atoms with Gasteiger partial charge in [0.1, 0.15) is 0 Å². The predicted molar refractivity (Wildman–Crippen MR) is 165 cm³/mol. The van der Waals surface area contributed by atoms with Crippen molar-refractivity contribution in [2.24, 2.45) is 0 Å². The molecule has 0 amide bonds. The van der Waals surface area contributed by atoms with E-state index in [0.717, 1.165) is 0 Å². The van der Waals surface area contributed by atoms with Crippen molar-refractivity contribution in [3.8, 4) is 0 Å². The van der Waals surface area contributed by atoms with Gasteiger partial charge in [-0.2, -0.15) is 0 Å². The second-order valence-electron chi connectivity index (χ2n) is 12.5. The van der Waals surface area contributed by atoms with Crippen LogP contribution < -0.4 is 0 Å². The zero-order chi connectivity index (χ0) is 19.8. The molecule has 0 spiro atoms. The lowest BCUT2D eigenvalue weighted by Crippen LogP contribution is -2.62. The Morgan fingerprint density at radius 2 is 0.767 bits per heavy atom. The first-order valence-electron chi connectivity index (χ1n) is 9.48. The normalized spacial score (nSPS) is 12.6. The first-order chi connectivity index (χ1) is 10.1. The third kappa shape index (κ3) is 19.7. The zero-order valence-electron chi connectivity index (χ0n) is 19.2. The van der Waals surface area contributed by atoms with Crippen molar-refractivity contribution in [2.45, 2.75) is 154 Å². The van der Waals surface area contributed by atoms with E-state index in [1.54, 1.807) is 0 Å². The second-order valence-corrected chi connectivity index (χ2v) is 37.7. The van der Waals surface area contributed by atoms with Crippen LogP contribution in [-0.2, 0) is 8.23 Å². The minimum absolute atomic E-state index is 0. The molecule has 0 radical (unpaired) electrons. The van der Waals surface area contributed by atoms with Gasteiger partial charge in [-0.3, -0.25) is 0 Å². The molecule has 0 aromatic carbocycles. The van der Waals surface area contributed by atoms with Gasteiger partial charge in [0.2, 0.25) is 0 Å². The molecule has 0 heterocycles. The van der Waals surface area contributed by atoms with Crippen molar-refractivity contribution in [3.05, 3.63) is 0 Å². The van der Waals surface area contributed by atoms with Crippen LogP contribution in [0.3, 0.4) is 0 Å². The zero-order valence-corrected chi connectivity index (χ0v) is 24.2. The van der Waals surface area contributed by atoms with Gasteiger partial charge in [0.25, 0.3) is 0 Å². The van der Waals surface area contributed by atoms with Crippen LogP contribution in [0.2, 0.25) is 88.4 Å². The van der Waals surface area contributed by atoms with Crippen LogP contribution in [0.4, 0.5) is 0 Å². The summed E-state index contributed by atoms with van der Waals surface area (Å²) >= 11 is 0. The average molecular weight is 519 g/mol.